The number of rotatable bonds is 5. The van der Waals surface area contributed by atoms with E-state index in [1.165, 1.54) is 6.92 Å². The van der Waals surface area contributed by atoms with E-state index in [2.05, 4.69) is 16.0 Å². The zero-order valence-corrected chi connectivity index (χ0v) is 13.9. The number of nitrogens with one attached hydrogen (secondary N) is 3. The Kier molecular flexibility index (Phi) is 6.67. The van der Waals surface area contributed by atoms with Crippen molar-refractivity contribution in [2.75, 3.05) is 5.32 Å². The van der Waals surface area contributed by atoms with Gasteiger partial charge in [-0.3, -0.25) is 9.59 Å². The first kappa shape index (κ1) is 18.0. The normalized spacial score (nSPS) is 12.2. The summed E-state index contributed by atoms with van der Waals surface area (Å²) in [5, 5.41) is 7.96. The maximum absolute atomic E-state index is 11.2. The SMILES string of the molecule is CC(=O)c1ccc(NC(=S)NC(NC=O)C(Cl)(Cl)Cl)cc1. The molecule has 0 saturated carbocycles. The minimum atomic E-state index is -1.77. The Labute approximate surface area is 142 Å². The van der Waals surface area contributed by atoms with Crippen LogP contribution >= 0.6 is 47.0 Å². The topological polar surface area (TPSA) is 70.2 Å². The largest absolute Gasteiger partial charge is 0.339 e. The highest BCUT2D eigenvalue weighted by Gasteiger charge is 2.32. The maximum atomic E-state index is 11.2. The predicted octanol–water partition coefficient (Wildman–Crippen LogP) is 2.62. The molecule has 114 valence electrons. The van der Waals surface area contributed by atoms with E-state index in [1.54, 1.807) is 24.3 Å². The summed E-state index contributed by atoms with van der Waals surface area (Å²) < 4.78 is -1.77. The van der Waals surface area contributed by atoms with Crippen LogP contribution in [0.5, 0.6) is 0 Å². The first-order chi connectivity index (χ1) is 9.74. The van der Waals surface area contributed by atoms with Gasteiger partial charge in [0.2, 0.25) is 10.2 Å². The van der Waals surface area contributed by atoms with Crippen molar-refractivity contribution in [1.29, 1.82) is 0 Å². The first-order valence-electron chi connectivity index (χ1n) is 5.69. The molecule has 0 heterocycles. The van der Waals surface area contributed by atoms with Gasteiger partial charge in [-0.2, -0.15) is 0 Å². The van der Waals surface area contributed by atoms with Crippen LogP contribution in [-0.2, 0) is 4.79 Å². The highest BCUT2D eigenvalue weighted by molar-refractivity contribution is 7.80. The van der Waals surface area contributed by atoms with E-state index in [0.717, 1.165) is 0 Å². The van der Waals surface area contributed by atoms with Gasteiger partial charge in [0.05, 0.1) is 0 Å². The number of Topliss-reactive ketones (excluding diaryl/α,β-unsaturated/α-hetero) is 1. The van der Waals surface area contributed by atoms with Gasteiger partial charge in [-0.05, 0) is 43.4 Å². The molecular weight excluding hydrogens is 357 g/mol. The van der Waals surface area contributed by atoms with Gasteiger partial charge in [-0.1, -0.05) is 34.8 Å². The second-order valence-electron chi connectivity index (χ2n) is 3.99. The lowest BCUT2D eigenvalue weighted by atomic mass is 10.1. The van der Waals surface area contributed by atoms with Crippen molar-refractivity contribution >= 4 is 70.0 Å². The summed E-state index contributed by atoms with van der Waals surface area (Å²) >= 11 is 22.2. The number of ketones is 1. The molecule has 1 atom stereocenters. The Morgan fingerprint density at radius 1 is 1.29 bits per heavy atom. The lowest BCUT2D eigenvalue weighted by Crippen LogP contribution is -2.53. The molecular formula is C12H12Cl3N3O2S. The molecule has 1 unspecified atom stereocenters. The van der Waals surface area contributed by atoms with E-state index in [9.17, 15) is 9.59 Å². The standard InChI is InChI=1S/C12H12Cl3N3O2S/c1-7(20)8-2-4-9(5-3-8)17-11(21)18-10(16-6-19)12(13,14)15/h2-6,10H,1H3,(H,16,19)(H2,17,18,21). The molecule has 0 aliphatic rings. The summed E-state index contributed by atoms with van der Waals surface area (Å²) in [6.45, 7) is 1.48. The van der Waals surface area contributed by atoms with Crippen LogP contribution in [0, 0.1) is 0 Å². The Hall–Kier alpha value is -1.08. The second kappa shape index (κ2) is 7.79. The lowest BCUT2D eigenvalue weighted by Gasteiger charge is -2.26. The number of carbonyl (C=O) groups excluding carboxylic acids is 2. The van der Waals surface area contributed by atoms with Gasteiger partial charge in [0.15, 0.2) is 10.9 Å². The average Bonchev–Trinajstić information content (AvgIpc) is 2.37. The summed E-state index contributed by atoms with van der Waals surface area (Å²) in [6.07, 6.45) is -0.597. The van der Waals surface area contributed by atoms with Crippen LogP contribution in [0.25, 0.3) is 0 Å². The molecule has 0 fully saturated rings. The van der Waals surface area contributed by atoms with E-state index in [0.29, 0.717) is 17.7 Å². The molecule has 0 bridgehead atoms. The van der Waals surface area contributed by atoms with Crippen LogP contribution in [0.1, 0.15) is 17.3 Å². The fourth-order valence-corrected chi connectivity index (χ4v) is 1.96. The molecule has 0 saturated heterocycles. The van der Waals surface area contributed by atoms with Crippen molar-refractivity contribution in [3.8, 4) is 0 Å². The van der Waals surface area contributed by atoms with Crippen LogP contribution in [-0.4, -0.2) is 27.3 Å². The highest BCUT2D eigenvalue weighted by atomic mass is 35.6. The first-order valence-corrected chi connectivity index (χ1v) is 7.23. The van der Waals surface area contributed by atoms with E-state index >= 15 is 0 Å². The van der Waals surface area contributed by atoms with Gasteiger partial charge in [-0.25, -0.2) is 0 Å². The summed E-state index contributed by atoms with van der Waals surface area (Å²) in [5.74, 6) is -0.0336. The van der Waals surface area contributed by atoms with E-state index in [4.69, 9.17) is 47.0 Å². The number of anilines is 1. The molecule has 5 nitrogen and oxygen atoms in total. The summed E-state index contributed by atoms with van der Waals surface area (Å²) in [5.41, 5.74) is 1.23. The van der Waals surface area contributed by atoms with Crippen molar-refractivity contribution in [1.82, 2.24) is 10.6 Å². The fourth-order valence-electron chi connectivity index (χ4n) is 1.37. The number of benzene rings is 1. The molecule has 1 rings (SSSR count). The van der Waals surface area contributed by atoms with Gasteiger partial charge < -0.3 is 16.0 Å². The van der Waals surface area contributed by atoms with E-state index in [1.807, 2.05) is 0 Å². The van der Waals surface area contributed by atoms with Gasteiger partial charge in [-0.15, -0.1) is 0 Å². The van der Waals surface area contributed by atoms with E-state index < -0.39 is 9.96 Å². The van der Waals surface area contributed by atoms with Gasteiger partial charge in [0.1, 0.15) is 6.17 Å². The third-order valence-electron chi connectivity index (χ3n) is 2.39. The lowest BCUT2D eigenvalue weighted by molar-refractivity contribution is -0.110. The monoisotopic (exact) mass is 367 g/mol. The van der Waals surface area contributed by atoms with Crippen molar-refractivity contribution in [2.45, 2.75) is 16.9 Å². The number of alkyl halides is 3. The van der Waals surface area contributed by atoms with Crippen molar-refractivity contribution < 1.29 is 9.59 Å². The number of thiocarbonyl (C=S) groups is 1. The summed E-state index contributed by atoms with van der Waals surface area (Å²) in [7, 11) is 0. The highest BCUT2D eigenvalue weighted by Crippen LogP contribution is 2.28. The van der Waals surface area contributed by atoms with Crippen LogP contribution in [0.4, 0.5) is 5.69 Å². The second-order valence-corrected chi connectivity index (χ2v) is 6.77. The minimum absolute atomic E-state index is 0.0336. The fraction of sp³-hybridized carbons (Fsp3) is 0.250. The van der Waals surface area contributed by atoms with Crippen molar-refractivity contribution in [3.63, 3.8) is 0 Å². The number of carbonyl (C=O) groups is 2. The molecule has 0 aliphatic carbocycles. The van der Waals surface area contributed by atoms with Crippen LogP contribution in [0.3, 0.4) is 0 Å². The average molecular weight is 369 g/mol. The van der Waals surface area contributed by atoms with Gasteiger partial charge >= 0.3 is 0 Å². The Balaban J connectivity index is 2.67. The molecule has 0 spiro atoms. The zero-order chi connectivity index (χ0) is 16.0. The molecule has 9 heteroatoms. The van der Waals surface area contributed by atoms with Gasteiger partial charge in [0.25, 0.3) is 0 Å². The molecule has 0 aliphatic heterocycles. The molecule has 1 aromatic carbocycles. The third-order valence-corrected chi connectivity index (χ3v) is 3.26. The number of hydrogen-bond donors (Lipinski definition) is 3. The van der Waals surface area contributed by atoms with Crippen LogP contribution in [0.2, 0.25) is 0 Å². The maximum Gasteiger partial charge on any atom is 0.228 e. The number of hydrogen-bond acceptors (Lipinski definition) is 3. The van der Waals surface area contributed by atoms with E-state index in [-0.39, 0.29) is 10.9 Å². The van der Waals surface area contributed by atoms with Crippen molar-refractivity contribution in [3.05, 3.63) is 29.8 Å². The predicted molar refractivity (Wildman–Crippen MR) is 89.1 cm³/mol. The quantitative estimate of drug-likeness (QED) is 0.245. The zero-order valence-electron chi connectivity index (χ0n) is 10.8. The van der Waals surface area contributed by atoms with Crippen LogP contribution in [0.15, 0.2) is 24.3 Å². The van der Waals surface area contributed by atoms with Crippen LogP contribution < -0.4 is 16.0 Å². The molecule has 21 heavy (non-hydrogen) atoms. The van der Waals surface area contributed by atoms with Crippen molar-refractivity contribution in [2.24, 2.45) is 0 Å². The smallest absolute Gasteiger partial charge is 0.228 e. The molecule has 3 N–H and O–H groups in total. The Morgan fingerprint density at radius 3 is 2.29 bits per heavy atom. The molecule has 0 aromatic heterocycles. The Bertz CT molecular complexity index is 532. The Morgan fingerprint density at radius 2 is 1.86 bits per heavy atom. The summed E-state index contributed by atoms with van der Waals surface area (Å²) in [4.78, 5) is 21.6. The molecule has 0 radical (unpaired) electrons. The molecule has 1 amide bonds. The number of amides is 1. The number of halogens is 3. The molecule has 1 aromatic rings. The minimum Gasteiger partial charge on any atom is -0.339 e. The summed E-state index contributed by atoms with van der Waals surface area (Å²) in [6, 6.07) is 6.68. The van der Waals surface area contributed by atoms with Gasteiger partial charge in [0, 0.05) is 11.3 Å². The third kappa shape index (κ3) is 6.05.